The van der Waals surface area contributed by atoms with E-state index in [0.29, 0.717) is 11.0 Å². The molecule has 186 valence electrons. The van der Waals surface area contributed by atoms with Crippen LogP contribution in [0.3, 0.4) is 0 Å². The molecular weight excluding hydrogens is 513 g/mol. The van der Waals surface area contributed by atoms with Crippen molar-refractivity contribution in [3.63, 3.8) is 0 Å². The number of carbonyl (C=O) groups is 2. The van der Waals surface area contributed by atoms with E-state index in [-0.39, 0.29) is 22.7 Å². The van der Waals surface area contributed by atoms with E-state index in [1.807, 2.05) is 0 Å². The van der Waals surface area contributed by atoms with Crippen molar-refractivity contribution in [2.75, 3.05) is 4.90 Å². The van der Waals surface area contributed by atoms with E-state index in [4.69, 9.17) is 21.1 Å². The third-order valence-electron chi connectivity index (χ3n) is 4.84. The summed E-state index contributed by atoms with van der Waals surface area (Å²) in [6.07, 6.45) is -6.19. The van der Waals surface area contributed by atoms with Gasteiger partial charge in [0, 0.05) is 0 Å². The minimum Gasteiger partial charge on any atom is -0.410 e. The van der Waals surface area contributed by atoms with E-state index < -0.39 is 34.8 Å². The molecule has 2 amide bonds. The van der Waals surface area contributed by atoms with Crippen molar-refractivity contribution in [2.24, 2.45) is 0 Å². The van der Waals surface area contributed by atoms with Gasteiger partial charge in [0.1, 0.15) is 23.1 Å². The third kappa shape index (κ3) is 5.55. The maximum atomic E-state index is 13.2. The van der Waals surface area contributed by atoms with Crippen LogP contribution in [-0.4, -0.2) is 22.0 Å². The van der Waals surface area contributed by atoms with Crippen LogP contribution in [0.5, 0.6) is 11.5 Å². The second-order valence-corrected chi connectivity index (χ2v) is 7.67. The van der Waals surface area contributed by atoms with Crippen LogP contribution in [0.2, 0.25) is 5.02 Å². The Balaban J connectivity index is 1.83. The summed E-state index contributed by atoms with van der Waals surface area (Å²) in [5.41, 5.74) is -1.46. The highest BCUT2D eigenvalue weighted by Crippen LogP contribution is 2.35. The fourth-order valence-electron chi connectivity index (χ4n) is 3.18. The fraction of sp³-hybridized carbons (Fsp3) is 0.0400. The van der Waals surface area contributed by atoms with Crippen molar-refractivity contribution in [3.05, 3.63) is 101 Å². The molecule has 0 fully saturated rings. The van der Waals surface area contributed by atoms with Crippen molar-refractivity contribution in [1.29, 1.82) is 5.26 Å². The molecule has 0 radical (unpaired) electrons. The summed E-state index contributed by atoms with van der Waals surface area (Å²) in [5.74, 6) is -0.310. The predicted octanol–water partition coefficient (Wildman–Crippen LogP) is 6.62. The topological polar surface area (TPSA) is 97.5 Å². The van der Waals surface area contributed by atoms with Crippen LogP contribution in [0.1, 0.15) is 11.1 Å². The van der Waals surface area contributed by atoms with Crippen molar-refractivity contribution in [1.82, 2.24) is 9.78 Å². The number of aromatic nitrogens is 2. The zero-order valence-corrected chi connectivity index (χ0v) is 19.3. The Kier molecular flexibility index (Phi) is 7.13. The molecule has 0 aliphatic heterocycles. The van der Waals surface area contributed by atoms with E-state index in [0.717, 1.165) is 23.0 Å². The second-order valence-electron chi connectivity index (χ2n) is 7.27. The fourth-order valence-corrected chi connectivity index (χ4v) is 3.45. The van der Waals surface area contributed by atoms with Gasteiger partial charge < -0.3 is 9.47 Å². The molecule has 12 heteroatoms. The normalized spacial score (nSPS) is 10.9. The molecule has 0 atom stereocenters. The first kappa shape index (κ1) is 25.3. The van der Waals surface area contributed by atoms with Gasteiger partial charge in [-0.1, -0.05) is 48.0 Å². The molecular formula is C25H14ClF3N4O4. The largest absolute Gasteiger partial charge is 0.430 e. The number of para-hydroxylation sites is 2. The van der Waals surface area contributed by atoms with E-state index in [1.54, 1.807) is 42.5 Å². The standard InChI is InChI=1S/C25H14ClF3N4O4/c26-20-13-17(25(27,28)29)11-12-21(20)33-22(16(14-30)15-31-33)32(23(34)36-18-7-3-1-4-8-18)24(35)37-19-9-5-2-6-10-19/h1-13,15H. The molecule has 4 aromatic rings. The highest BCUT2D eigenvalue weighted by Gasteiger charge is 2.35. The number of halogens is 4. The SMILES string of the molecule is N#Cc1cnn(-c2ccc(C(F)(F)F)cc2Cl)c1N(C(=O)Oc1ccccc1)C(=O)Oc1ccccc1. The summed E-state index contributed by atoms with van der Waals surface area (Å²) in [4.78, 5) is 26.9. The summed E-state index contributed by atoms with van der Waals surface area (Å²) in [6, 6.07) is 19.7. The third-order valence-corrected chi connectivity index (χ3v) is 5.14. The van der Waals surface area contributed by atoms with Crippen LogP contribution in [-0.2, 0) is 6.18 Å². The maximum absolute atomic E-state index is 13.2. The van der Waals surface area contributed by atoms with Crippen LogP contribution in [0, 0.1) is 11.3 Å². The number of nitrogens with zero attached hydrogens (tertiary/aromatic N) is 4. The number of hydrogen-bond acceptors (Lipinski definition) is 6. The van der Waals surface area contributed by atoms with Crippen LogP contribution >= 0.6 is 11.6 Å². The average molecular weight is 527 g/mol. The van der Waals surface area contributed by atoms with Crippen molar-refractivity contribution in [3.8, 4) is 23.3 Å². The summed E-state index contributed by atoms with van der Waals surface area (Å²) in [6.45, 7) is 0. The molecule has 0 bridgehead atoms. The van der Waals surface area contributed by atoms with E-state index >= 15 is 0 Å². The Bertz CT molecular complexity index is 1430. The molecule has 0 aliphatic rings. The van der Waals surface area contributed by atoms with Gasteiger partial charge in [0.05, 0.1) is 22.5 Å². The lowest BCUT2D eigenvalue weighted by atomic mass is 10.2. The van der Waals surface area contributed by atoms with Crippen molar-refractivity contribution < 1.29 is 32.2 Å². The molecule has 1 heterocycles. The predicted molar refractivity (Wildman–Crippen MR) is 126 cm³/mol. The van der Waals surface area contributed by atoms with Gasteiger partial charge in [0.15, 0.2) is 5.82 Å². The van der Waals surface area contributed by atoms with Crippen LogP contribution in [0.25, 0.3) is 5.69 Å². The number of rotatable bonds is 4. The summed E-state index contributed by atoms with van der Waals surface area (Å²) < 4.78 is 50.9. The van der Waals surface area contributed by atoms with Gasteiger partial charge >= 0.3 is 18.4 Å². The number of alkyl halides is 3. The lowest BCUT2D eigenvalue weighted by Gasteiger charge is -2.21. The molecule has 0 spiro atoms. The number of amides is 2. The molecule has 0 saturated heterocycles. The highest BCUT2D eigenvalue weighted by molar-refractivity contribution is 6.32. The number of benzene rings is 3. The molecule has 0 saturated carbocycles. The van der Waals surface area contributed by atoms with Crippen molar-refractivity contribution in [2.45, 2.75) is 6.18 Å². The highest BCUT2D eigenvalue weighted by atomic mass is 35.5. The van der Waals surface area contributed by atoms with Gasteiger partial charge in [-0.3, -0.25) is 0 Å². The first-order chi connectivity index (χ1) is 17.7. The number of carbonyl (C=O) groups excluding carboxylic acids is 2. The number of anilines is 1. The Morgan fingerprint density at radius 1 is 0.919 bits per heavy atom. The number of ether oxygens (including phenoxy) is 2. The minimum absolute atomic E-state index is 0.0714. The number of nitriles is 1. The van der Waals surface area contributed by atoms with Gasteiger partial charge in [-0.05, 0) is 42.5 Å². The monoisotopic (exact) mass is 526 g/mol. The van der Waals surface area contributed by atoms with Crippen LogP contribution in [0.15, 0.2) is 85.1 Å². The summed E-state index contributed by atoms with van der Waals surface area (Å²) in [7, 11) is 0. The number of imide groups is 1. The Hall–Kier alpha value is -4.82. The molecule has 0 N–H and O–H groups in total. The lowest BCUT2D eigenvalue weighted by molar-refractivity contribution is -0.137. The minimum atomic E-state index is -4.67. The molecule has 37 heavy (non-hydrogen) atoms. The smallest absolute Gasteiger partial charge is 0.410 e. The van der Waals surface area contributed by atoms with Crippen molar-refractivity contribution >= 4 is 29.6 Å². The zero-order chi connectivity index (χ0) is 26.6. The van der Waals surface area contributed by atoms with Crippen LogP contribution < -0.4 is 14.4 Å². The van der Waals surface area contributed by atoms with Gasteiger partial charge in [-0.2, -0.15) is 28.4 Å². The van der Waals surface area contributed by atoms with E-state index in [9.17, 15) is 28.0 Å². The Morgan fingerprint density at radius 2 is 1.46 bits per heavy atom. The van der Waals surface area contributed by atoms with Crippen LogP contribution in [0.4, 0.5) is 28.6 Å². The summed E-state index contributed by atoms with van der Waals surface area (Å²) >= 11 is 6.12. The first-order valence-corrected chi connectivity index (χ1v) is 10.8. The van der Waals surface area contributed by atoms with Gasteiger partial charge in [-0.15, -0.1) is 0 Å². The van der Waals surface area contributed by atoms with E-state index in [1.165, 1.54) is 24.3 Å². The Labute approximate surface area is 212 Å². The molecule has 0 unspecified atom stereocenters. The molecule has 3 aromatic carbocycles. The second kappa shape index (κ2) is 10.4. The average Bonchev–Trinajstić information content (AvgIpc) is 3.28. The van der Waals surface area contributed by atoms with Gasteiger partial charge in [0.2, 0.25) is 0 Å². The molecule has 1 aromatic heterocycles. The Morgan fingerprint density at radius 3 is 1.92 bits per heavy atom. The number of hydrogen-bond donors (Lipinski definition) is 0. The maximum Gasteiger partial charge on any atom is 0.430 e. The quantitative estimate of drug-likeness (QED) is 0.296. The molecule has 4 rings (SSSR count). The van der Waals surface area contributed by atoms with E-state index in [2.05, 4.69) is 5.10 Å². The van der Waals surface area contributed by atoms with Gasteiger partial charge in [0.25, 0.3) is 0 Å². The first-order valence-electron chi connectivity index (χ1n) is 10.4. The molecule has 8 nitrogen and oxygen atoms in total. The molecule has 0 aliphatic carbocycles. The van der Waals surface area contributed by atoms with Gasteiger partial charge in [-0.25, -0.2) is 14.3 Å². The summed E-state index contributed by atoms with van der Waals surface area (Å²) in [5, 5.41) is 13.2. The lowest BCUT2D eigenvalue weighted by Crippen LogP contribution is -2.42. The zero-order valence-electron chi connectivity index (χ0n) is 18.5.